The molecule has 0 rings (SSSR count). The number of aliphatic hydroxyl groups is 1. The van der Waals surface area contributed by atoms with E-state index < -0.39 is 77.9 Å². The third kappa shape index (κ3) is 13.4. The van der Waals surface area contributed by atoms with E-state index in [1.54, 1.807) is 0 Å². The highest BCUT2D eigenvalue weighted by molar-refractivity contribution is 7.80. The van der Waals surface area contributed by atoms with Crippen molar-refractivity contribution in [2.24, 2.45) is 11.5 Å². The van der Waals surface area contributed by atoms with Gasteiger partial charge in [0.2, 0.25) is 29.5 Å². The number of carboxylic acid groups (broad SMARTS) is 1. The standard InChI is InChI=1S/C22H41N7O8S3/c1-10(22(36)37)25-18(32)13(7-38)27-19(33)14(8-39)28-21(35)16(11(2)30)29-20(34)15(9-40)26-17(31)12(24)5-3-4-6-23/h10-16,30,38-40H,3-9,23-24H2,1-2H3,(H,25,32)(H,26,31)(H,27,33)(H,28,35)(H,29,34)(H,36,37). The van der Waals surface area contributed by atoms with Crippen molar-refractivity contribution in [2.45, 2.75) is 75.5 Å². The van der Waals surface area contributed by atoms with Crippen LogP contribution in [0.4, 0.5) is 0 Å². The van der Waals surface area contributed by atoms with Gasteiger partial charge in [-0.3, -0.25) is 28.8 Å². The summed E-state index contributed by atoms with van der Waals surface area (Å²) < 4.78 is 0. The molecule has 18 heteroatoms. The number of rotatable bonds is 19. The number of carboxylic acids is 1. The second kappa shape index (κ2) is 19.8. The Morgan fingerprint density at radius 2 is 1.12 bits per heavy atom. The van der Waals surface area contributed by atoms with Crippen molar-refractivity contribution in [3.8, 4) is 0 Å². The number of hydrogen-bond donors (Lipinski definition) is 12. The third-order valence-electron chi connectivity index (χ3n) is 5.54. The molecule has 7 atom stereocenters. The molecule has 0 aromatic heterocycles. The van der Waals surface area contributed by atoms with Gasteiger partial charge in [0, 0.05) is 17.3 Å². The van der Waals surface area contributed by atoms with Crippen molar-refractivity contribution >= 4 is 73.4 Å². The molecule has 0 heterocycles. The number of carbonyl (C=O) groups excluding carboxylic acids is 5. The van der Waals surface area contributed by atoms with Crippen LogP contribution in [0.25, 0.3) is 0 Å². The Labute approximate surface area is 249 Å². The minimum atomic E-state index is -1.54. The molecule has 11 N–H and O–H groups in total. The van der Waals surface area contributed by atoms with Crippen molar-refractivity contribution in [1.82, 2.24) is 26.6 Å². The normalized spacial score (nSPS) is 16.2. The Morgan fingerprint density at radius 3 is 1.55 bits per heavy atom. The van der Waals surface area contributed by atoms with Crippen molar-refractivity contribution in [2.75, 3.05) is 23.8 Å². The van der Waals surface area contributed by atoms with Crippen LogP contribution in [0, 0.1) is 0 Å². The summed E-state index contributed by atoms with van der Waals surface area (Å²) in [6, 6.07) is -7.38. The highest BCUT2D eigenvalue weighted by Gasteiger charge is 2.33. The highest BCUT2D eigenvalue weighted by atomic mass is 32.1. The first-order valence-corrected chi connectivity index (χ1v) is 14.3. The van der Waals surface area contributed by atoms with Gasteiger partial charge in [0.05, 0.1) is 12.1 Å². The zero-order valence-electron chi connectivity index (χ0n) is 22.3. The second-order valence-electron chi connectivity index (χ2n) is 8.92. The summed E-state index contributed by atoms with van der Waals surface area (Å²) >= 11 is 12.1. The molecule has 0 aromatic carbocycles. The number of nitrogens with two attached hydrogens (primary N) is 2. The van der Waals surface area contributed by atoms with Gasteiger partial charge >= 0.3 is 5.97 Å². The van der Waals surface area contributed by atoms with Gasteiger partial charge < -0.3 is 48.3 Å². The summed E-state index contributed by atoms with van der Waals surface area (Å²) in [7, 11) is 0. The molecule has 0 aliphatic rings. The van der Waals surface area contributed by atoms with Crippen LogP contribution in [0.15, 0.2) is 0 Å². The fraction of sp³-hybridized carbons (Fsp3) is 0.727. The van der Waals surface area contributed by atoms with Crippen LogP contribution in [0.3, 0.4) is 0 Å². The van der Waals surface area contributed by atoms with Gasteiger partial charge in [0.1, 0.15) is 30.2 Å². The summed E-state index contributed by atoms with van der Waals surface area (Å²) in [6.07, 6.45) is 0.231. The minimum Gasteiger partial charge on any atom is -0.480 e. The molecular weight excluding hydrogens is 586 g/mol. The van der Waals surface area contributed by atoms with Gasteiger partial charge in [-0.05, 0) is 33.2 Å². The number of unbranched alkanes of at least 4 members (excludes halogenated alkanes) is 1. The maximum Gasteiger partial charge on any atom is 0.325 e. The van der Waals surface area contributed by atoms with Crippen LogP contribution in [0.1, 0.15) is 33.1 Å². The maximum atomic E-state index is 12.9. The summed E-state index contributed by atoms with van der Waals surface area (Å²) in [5, 5.41) is 30.7. The average Bonchev–Trinajstić information content (AvgIpc) is 2.90. The van der Waals surface area contributed by atoms with Crippen molar-refractivity contribution in [1.29, 1.82) is 0 Å². The quantitative estimate of drug-likeness (QED) is 0.0490. The lowest BCUT2D eigenvalue weighted by Gasteiger charge is -2.27. The second-order valence-corrected chi connectivity index (χ2v) is 10.0. The Hall–Kier alpha value is -2.25. The van der Waals surface area contributed by atoms with Crippen LogP contribution < -0.4 is 38.1 Å². The topological polar surface area (TPSA) is 255 Å². The van der Waals surface area contributed by atoms with Gasteiger partial charge in [-0.25, -0.2) is 0 Å². The SMILES string of the molecule is CC(NC(=O)C(CS)NC(=O)C(CS)NC(=O)C(NC(=O)C(CS)NC(=O)C(N)CCCCN)C(C)O)C(=O)O. The Balaban J connectivity index is 5.32. The highest BCUT2D eigenvalue weighted by Crippen LogP contribution is 2.02. The van der Waals surface area contributed by atoms with Crippen LogP contribution in [0.5, 0.6) is 0 Å². The van der Waals surface area contributed by atoms with Crippen molar-refractivity contribution < 1.29 is 39.0 Å². The van der Waals surface area contributed by atoms with Gasteiger partial charge in [-0.2, -0.15) is 37.9 Å². The number of hydrogen-bond acceptors (Lipinski definition) is 12. The van der Waals surface area contributed by atoms with E-state index >= 15 is 0 Å². The zero-order chi connectivity index (χ0) is 31.0. The molecule has 5 amide bonds. The maximum absolute atomic E-state index is 12.9. The molecule has 0 saturated carbocycles. The number of carbonyl (C=O) groups is 6. The predicted octanol–water partition coefficient (Wildman–Crippen LogP) is -3.86. The molecule has 15 nitrogen and oxygen atoms in total. The van der Waals surface area contributed by atoms with Crippen LogP contribution in [-0.4, -0.2) is 112 Å². The summed E-state index contributed by atoms with van der Waals surface area (Å²) in [5.41, 5.74) is 11.3. The molecule has 0 spiro atoms. The first-order valence-electron chi connectivity index (χ1n) is 12.4. The van der Waals surface area contributed by atoms with E-state index in [9.17, 15) is 33.9 Å². The largest absolute Gasteiger partial charge is 0.480 e. The number of amides is 5. The molecule has 0 fully saturated rings. The molecule has 0 saturated heterocycles. The van der Waals surface area contributed by atoms with Gasteiger partial charge in [0.25, 0.3) is 0 Å². The van der Waals surface area contributed by atoms with Gasteiger partial charge in [-0.15, -0.1) is 0 Å². The van der Waals surface area contributed by atoms with E-state index in [0.717, 1.165) is 0 Å². The molecule has 0 aliphatic carbocycles. The van der Waals surface area contributed by atoms with Crippen LogP contribution >= 0.6 is 37.9 Å². The number of nitrogens with one attached hydrogen (secondary N) is 5. The molecule has 7 unspecified atom stereocenters. The smallest absolute Gasteiger partial charge is 0.325 e. The van der Waals surface area contributed by atoms with Crippen molar-refractivity contribution in [3.63, 3.8) is 0 Å². The Bertz CT molecular complexity index is 883. The molecule has 0 aliphatic heterocycles. The zero-order valence-corrected chi connectivity index (χ0v) is 25.0. The number of aliphatic hydroxyl groups excluding tert-OH is 1. The Kier molecular flexibility index (Phi) is 18.7. The first-order chi connectivity index (χ1) is 18.7. The number of aliphatic carboxylic acids is 1. The minimum absolute atomic E-state index is 0.142. The van der Waals surface area contributed by atoms with E-state index in [-0.39, 0.29) is 17.3 Å². The summed E-state index contributed by atoms with van der Waals surface area (Å²) in [5.74, 6) is -5.88. The summed E-state index contributed by atoms with van der Waals surface area (Å²) in [6.45, 7) is 2.92. The molecular formula is C22H41N7O8S3. The van der Waals surface area contributed by atoms with Crippen LogP contribution in [-0.2, 0) is 28.8 Å². The van der Waals surface area contributed by atoms with Gasteiger partial charge in [0.15, 0.2) is 0 Å². The predicted molar refractivity (Wildman–Crippen MR) is 157 cm³/mol. The summed E-state index contributed by atoms with van der Waals surface area (Å²) in [4.78, 5) is 74.0. The fourth-order valence-electron chi connectivity index (χ4n) is 3.07. The first kappa shape index (κ1) is 37.8. The third-order valence-corrected chi connectivity index (χ3v) is 6.64. The lowest BCUT2D eigenvalue weighted by Crippen LogP contribution is -2.62. The van der Waals surface area contributed by atoms with Crippen molar-refractivity contribution in [3.05, 3.63) is 0 Å². The fourth-order valence-corrected chi connectivity index (χ4v) is 3.84. The number of thiol groups is 3. The van der Waals surface area contributed by atoms with E-state index in [1.807, 2.05) is 0 Å². The van der Waals surface area contributed by atoms with Gasteiger partial charge in [-0.1, -0.05) is 6.42 Å². The van der Waals surface area contributed by atoms with E-state index in [2.05, 4.69) is 64.5 Å². The molecule has 230 valence electrons. The van der Waals surface area contributed by atoms with Crippen LogP contribution in [0.2, 0.25) is 0 Å². The molecule has 40 heavy (non-hydrogen) atoms. The van der Waals surface area contributed by atoms with E-state index in [1.165, 1.54) is 13.8 Å². The molecule has 0 radical (unpaired) electrons. The molecule has 0 aromatic rings. The Morgan fingerprint density at radius 1 is 0.700 bits per heavy atom. The monoisotopic (exact) mass is 627 g/mol. The van der Waals surface area contributed by atoms with E-state index in [0.29, 0.717) is 25.8 Å². The lowest BCUT2D eigenvalue weighted by molar-refractivity contribution is -0.141. The lowest BCUT2D eigenvalue weighted by atomic mass is 10.1. The van der Waals surface area contributed by atoms with E-state index in [4.69, 9.17) is 16.6 Å². The molecule has 0 bridgehead atoms. The average molecular weight is 628 g/mol.